The van der Waals surface area contributed by atoms with Crippen LogP contribution in [0.2, 0.25) is 0 Å². The van der Waals surface area contributed by atoms with Crippen LogP contribution in [0.5, 0.6) is 0 Å². The Bertz CT molecular complexity index is 989. The lowest BCUT2D eigenvalue weighted by Crippen LogP contribution is -2.54. The third-order valence-electron chi connectivity index (χ3n) is 5.82. The van der Waals surface area contributed by atoms with Crippen LogP contribution < -0.4 is 10.6 Å². The monoisotopic (exact) mass is 455 g/mol. The van der Waals surface area contributed by atoms with Gasteiger partial charge in [0.2, 0.25) is 5.91 Å². The minimum Gasteiger partial charge on any atom is -0.383 e. The van der Waals surface area contributed by atoms with Crippen molar-refractivity contribution in [3.05, 3.63) is 71.0 Å². The molecular formula is C25H30FN3O4. The molecule has 2 aromatic carbocycles. The summed E-state index contributed by atoms with van der Waals surface area (Å²) in [5.74, 6) is -1.43. The van der Waals surface area contributed by atoms with Crippen LogP contribution in [0.3, 0.4) is 0 Å². The van der Waals surface area contributed by atoms with Gasteiger partial charge < -0.3 is 20.3 Å². The minimum absolute atomic E-state index is 0.141. The highest BCUT2D eigenvalue weighted by Crippen LogP contribution is 2.23. The number of ether oxygens (including phenoxy) is 1. The van der Waals surface area contributed by atoms with Crippen LogP contribution in [0.4, 0.5) is 4.39 Å². The van der Waals surface area contributed by atoms with Crippen molar-refractivity contribution >= 4 is 17.7 Å². The zero-order chi connectivity index (χ0) is 23.8. The Kier molecular flexibility index (Phi) is 8.54. The summed E-state index contributed by atoms with van der Waals surface area (Å²) in [5.41, 5.74) is 1.74. The Labute approximate surface area is 193 Å². The van der Waals surface area contributed by atoms with Crippen molar-refractivity contribution in [2.24, 2.45) is 5.92 Å². The summed E-state index contributed by atoms with van der Waals surface area (Å²) in [6, 6.07) is 12.1. The maximum Gasteiger partial charge on any atom is 0.253 e. The second kappa shape index (κ2) is 11.6. The lowest BCUT2D eigenvalue weighted by atomic mass is 9.88. The molecule has 0 saturated carbocycles. The van der Waals surface area contributed by atoms with E-state index in [2.05, 4.69) is 10.6 Å². The largest absolute Gasteiger partial charge is 0.383 e. The Morgan fingerprint density at radius 2 is 1.79 bits per heavy atom. The topological polar surface area (TPSA) is 87.7 Å². The summed E-state index contributed by atoms with van der Waals surface area (Å²) in [5, 5.41) is 5.71. The Morgan fingerprint density at radius 1 is 1.09 bits per heavy atom. The summed E-state index contributed by atoms with van der Waals surface area (Å²) in [6.07, 6.45) is 1.08. The van der Waals surface area contributed by atoms with E-state index in [9.17, 15) is 18.8 Å². The average Bonchev–Trinajstić information content (AvgIpc) is 2.82. The molecular weight excluding hydrogens is 425 g/mol. The fourth-order valence-corrected chi connectivity index (χ4v) is 4.03. The number of amides is 3. The van der Waals surface area contributed by atoms with Gasteiger partial charge in [-0.1, -0.05) is 23.8 Å². The van der Waals surface area contributed by atoms with Crippen LogP contribution >= 0.6 is 0 Å². The Hall–Kier alpha value is -3.26. The predicted molar refractivity (Wildman–Crippen MR) is 122 cm³/mol. The van der Waals surface area contributed by atoms with Gasteiger partial charge in [0.15, 0.2) is 0 Å². The SMILES string of the molecule is COCCNC(=O)C(NC(=O)c1cccc(C)c1)C1CCN(C(=O)c2cccc(F)c2)CC1. The van der Waals surface area contributed by atoms with Gasteiger partial charge in [0, 0.05) is 37.9 Å². The standard InChI is InChI=1S/C25H30FN3O4/c1-17-5-3-6-19(15-17)23(30)28-22(24(31)27-11-14-33-2)18-9-12-29(13-10-18)25(32)20-7-4-8-21(26)16-20/h3-8,15-16,18,22H,9-14H2,1-2H3,(H,27,31)(H,28,30). The van der Waals surface area contributed by atoms with Crippen LogP contribution in [0.25, 0.3) is 0 Å². The van der Waals surface area contributed by atoms with E-state index < -0.39 is 11.9 Å². The molecule has 0 aliphatic carbocycles. The van der Waals surface area contributed by atoms with Crippen molar-refractivity contribution in [2.75, 3.05) is 33.4 Å². The van der Waals surface area contributed by atoms with E-state index in [1.54, 1.807) is 36.3 Å². The first-order chi connectivity index (χ1) is 15.9. The van der Waals surface area contributed by atoms with Gasteiger partial charge >= 0.3 is 0 Å². The number of benzene rings is 2. The summed E-state index contributed by atoms with van der Waals surface area (Å²) in [4.78, 5) is 40.2. The van der Waals surface area contributed by atoms with Gasteiger partial charge in [0.1, 0.15) is 11.9 Å². The molecule has 0 radical (unpaired) electrons. The number of nitrogens with one attached hydrogen (secondary N) is 2. The molecule has 1 aliphatic heterocycles. The summed E-state index contributed by atoms with van der Waals surface area (Å²) < 4.78 is 18.5. The number of methoxy groups -OCH3 is 1. The van der Waals surface area contributed by atoms with Gasteiger partial charge in [-0.05, 0) is 56.0 Å². The number of likely N-dealkylation sites (tertiary alicyclic amines) is 1. The van der Waals surface area contributed by atoms with E-state index in [1.165, 1.54) is 18.2 Å². The molecule has 0 spiro atoms. The molecule has 1 saturated heterocycles. The third-order valence-corrected chi connectivity index (χ3v) is 5.82. The maximum absolute atomic E-state index is 13.5. The number of nitrogens with zero attached hydrogens (tertiary/aromatic N) is 1. The zero-order valence-corrected chi connectivity index (χ0v) is 19.0. The van der Waals surface area contributed by atoms with Gasteiger partial charge in [0.25, 0.3) is 11.8 Å². The maximum atomic E-state index is 13.5. The zero-order valence-electron chi connectivity index (χ0n) is 19.0. The molecule has 0 aromatic heterocycles. The first kappa shape index (κ1) is 24.4. The van der Waals surface area contributed by atoms with E-state index in [4.69, 9.17) is 4.74 Å². The van der Waals surface area contributed by atoms with Crippen molar-refractivity contribution in [3.8, 4) is 0 Å². The van der Waals surface area contributed by atoms with Crippen molar-refractivity contribution in [3.63, 3.8) is 0 Å². The molecule has 33 heavy (non-hydrogen) atoms. The van der Waals surface area contributed by atoms with E-state index in [1.807, 2.05) is 13.0 Å². The van der Waals surface area contributed by atoms with Crippen molar-refractivity contribution in [1.82, 2.24) is 15.5 Å². The van der Waals surface area contributed by atoms with Gasteiger partial charge in [0.05, 0.1) is 6.61 Å². The fourth-order valence-electron chi connectivity index (χ4n) is 4.03. The van der Waals surface area contributed by atoms with Crippen molar-refractivity contribution < 1.29 is 23.5 Å². The molecule has 1 aliphatic rings. The molecule has 3 amide bonds. The first-order valence-corrected chi connectivity index (χ1v) is 11.1. The van der Waals surface area contributed by atoms with Gasteiger partial charge in [-0.2, -0.15) is 0 Å². The molecule has 1 fully saturated rings. The molecule has 7 nitrogen and oxygen atoms in total. The lowest BCUT2D eigenvalue weighted by molar-refractivity contribution is -0.124. The summed E-state index contributed by atoms with van der Waals surface area (Å²) in [6.45, 7) is 3.44. The molecule has 176 valence electrons. The van der Waals surface area contributed by atoms with Crippen LogP contribution in [0, 0.1) is 18.7 Å². The van der Waals surface area contributed by atoms with Crippen molar-refractivity contribution in [2.45, 2.75) is 25.8 Å². The number of piperidine rings is 1. The van der Waals surface area contributed by atoms with Gasteiger partial charge in [-0.15, -0.1) is 0 Å². The van der Waals surface area contributed by atoms with Crippen LogP contribution in [-0.2, 0) is 9.53 Å². The predicted octanol–water partition coefficient (Wildman–Crippen LogP) is 2.55. The number of halogens is 1. The van der Waals surface area contributed by atoms with E-state index in [-0.39, 0.29) is 23.6 Å². The average molecular weight is 456 g/mol. The second-order valence-corrected chi connectivity index (χ2v) is 8.24. The molecule has 3 rings (SSSR count). The second-order valence-electron chi connectivity index (χ2n) is 8.24. The van der Waals surface area contributed by atoms with E-state index in [0.717, 1.165) is 5.56 Å². The van der Waals surface area contributed by atoms with Gasteiger partial charge in [-0.3, -0.25) is 14.4 Å². The molecule has 1 atom stereocenters. The molecule has 8 heteroatoms. The molecule has 0 bridgehead atoms. The Balaban J connectivity index is 1.68. The Morgan fingerprint density at radius 3 is 2.45 bits per heavy atom. The number of aryl methyl sites for hydroxylation is 1. The fraction of sp³-hybridized carbons (Fsp3) is 0.400. The highest BCUT2D eigenvalue weighted by molar-refractivity contribution is 5.98. The van der Waals surface area contributed by atoms with Crippen LogP contribution in [0.15, 0.2) is 48.5 Å². The molecule has 2 aromatic rings. The minimum atomic E-state index is -0.735. The summed E-state index contributed by atoms with van der Waals surface area (Å²) >= 11 is 0. The first-order valence-electron chi connectivity index (χ1n) is 11.1. The number of hydrogen-bond acceptors (Lipinski definition) is 4. The number of rotatable bonds is 8. The smallest absolute Gasteiger partial charge is 0.253 e. The highest BCUT2D eigenvalue weighted by atomic mass is 19.1. The number of carbonyl (C=O) groups is 3. The normalized spacial score (nSPS) is 15.1. The third kappa shape index (κ3) is 6.61. The molecule has 1 heterocycles. The van der Waals surface area contributed by atoms with Crippen molar-refractivity contribution in [1.29, 1.82) is 0 Å². The van der Waals surface area contributed by atoms with Gasteiger partial charge in [-0.25, -0.2) is 4.39 Å². The quantitative estimate of drug-likeness (QED) is 0.599. The number of carbonyl (C=O) groups excluding carboxylic acids is 3. The highest BCUT2D eigenvalue weighted by Gasteiger charge is 2.34. The van der Waals surface area contributed by atoms with Crippen LogP contribution in [-0.4, -0.2) is 62.0 Å². The molecule has 2 N–H and O–H groups in total. The van der Waals surface area contributed by atoms with Crippen LogP contribution in [0.1, 0.15) is 39.1 Å². The molecule has 1 unspecified atom stereocenters. The van der Waals surface area contributed by atoms with E-state index in [0.29, 0.717) is 50.2 Å². The summed E-state index contributed by atoms with van der Waals surface area (Å²) in [7, 11) is 1.55. The van der Waals surface area contributed by atoms with E-state index >= 15 is 0 Å². The lowest BCUT2D eigenvalue weighted by Gasteiger charge is -2.36. The number of hydrogen-bond donors (Lipinski definition) is 2.